The van der Waals surface area contributed by atoms with Crippen LogP contribution in [0.15, 0.2) is 47.4 Å². The zero-order chi connectivity index (χ0) is 16.8. The van der Waals surface area contributed by atoms with Crippen LogP contribution in [0.3, 0.4) is 0 Å². The normalized spacial score (nSPS) is 17.2. The van der Waals surface area contributed by atoms with E-state index in [0.717, 1.165) is 23.9 Å². The standard InChI is InChI=1S/C17H16ClNO3S/c1-11-9-12-5-3-4-6-15(12)19(11)17(20)13-7-8-14(18)16(10-13)23(2,21)22/h3-8,10-11H,9H2,1-2H3/t11-/m1/s1. The molecule has 1 atom stereocenters. The van der Waals surface area contributed by atoms with Gasteiger partial charge in [0.2, 0.25) is 0 Å². The van der Waals surface area contributed by atoms with E-state index in [0.29, 0.717) is 5.56 Å². The Labute approximate surface area is 140 Å². The van der Waals surface area contributed by atoms with Crippen LogP contribution < -0.4 is 4.90 Å². The lowest BCUT2D eigenvalue weighted by Gasteiger charge is -2.23. The molecule has 0 unspecified atom stereocenters. The number of halogens is 1. The van der Waals surface area contributed by atoms with E-state index in [1.165, 1.54) is 12.1 Å². The van der Waals surface area contributed by atoms with Crippen molar-refractivity contribution in [1.29, 1.82) is 0 Å². The van der Waals surface area contributed by atoms with Crippen LogP contribution in [0.1, 0.15) is 22.8 Å². The summed E-state index contributed by atoms with van der Waals surface area (Å²) in [7, 11) is -3.49. The molecule has 2 aromatic carbocycles. The molecule has 0 spiro atoms. The predicted octanol–water partition coefficient (Wildman–Crippen LogP) is 3.33. The molecule has 0 saturated heterocycles. The number of nitrogens with zero attached hydrogens (tertiary/aromatic N) is 1. The molecule has 120 valence electrons. The monoisotopic (exact) mass is 349 g/mol. The molecule has 0 N–H and O–H groups in total. The first-order valence-corrected chi connectivity index (χ1v) is 9.47. The molecule has 3 rings (SSSR count). The molecule has 0 aromatic heterocycles. The molecule has 6 heteroatoms. The third kappa shape index (κ3) is 2.86. The summed E-state index contributed by atoms with van der Waals surface area (Å²) in [6.07, 6.45) is 1.87. The summed E-state index contributed by atoms with van der Waals surface area (Å²) in [5.74, 6) is -0.219. The molecule has 1 amide bonds. The maximum Gasteiger partial charge on any atom is 0.258 e. The molecule has 0 radical (unpaired) electrons. The quantitative estimate of drug-likeness (QED) is 0.835. The van der Waals surface area contributed by atoms with Gasteiger partial charge in [-0.3, -0.25) is 4.79 Å². The molecule has 1 aliphatic rings. The minimum Gasteiger partial charge on any atom is -0.305 e. The van der Waals surface area contributed by atoms with Gasteiger partial charge in [-0.05, 0) is 43.2 Å². The van der Waals surface area contributed by atoms with Gasteiger partial charge in [0.1, 0.15) is 0 Å². The van der Waals surface area contributed by atoms with Gasteiger partial charge in [-0.2, -0.15) is 0 Å². The highest BCUT2D eigenvalue weighted by molar-refractivity contribution is 7.90. The number of anilines is 1. The zero-order valence-corrected chi connectivity index (χ0v) is 14.4. The molecule has 4 nitrogen and oxygen atoms in total. The Bertz CT molecular complexity index is 892. The molecule has 1 aliphatic heterocycles. The van der Waals surface area contributed by atoms with Crippen LogP contribution in [-0.2, 0) is 16.3 Å². The number of carbonyl (C=O) groups excluding carboxylic acids is 1. The fraction of sp³-hybridized carbons (Fsp3) is 0.235. The van der Waals surface area contributed by atoms with Crippen LogP contribution in [0.5, 0.6) is 0 Å². The van der Waals surface area contributed by atoms with Crippen molar-refractivity contribution < 1.29 is 13.2 Å². The molecule has 1 heterocycles. The number of carbonyl (C=O) groups is 1. The number of benzene rings is 2. The lowest BCUT2D eigenvalue weighted by atomic mass is 10.1. The number of para-hydroxylation sites is 1. The molecule has 0 fully saturated rings. The van der Waals surface area contributed by atoms with Crippen molar-refractivity contribution in [3.05, 3.63) is 58.6 Å². The molecule has 23 heavy (non-hydrogen) atoms. The van der Waals surface area contributed by atoms with Gasteiger partial charge < -0.3 is 4.90 Å². The lowest BCUT2D eigenvalue weighted by Crippen LogP contribution is -2.35. The van der Waals surface area contributed by atoms with Crippen molar-refractivity contribution >= 4 is 33.0 Å². The Hall–Kier alpha value is -1.85. The van der Waals surface area contributed by atoms with E-state index in [9.17, 15) is 13.2 Å². The average molecular weight is 350 g/mol. The van der Waals surface area contributed by atoms with Crippen molar-refractivity contribution in [2.45, 2.75) is 24.3 Å². The SMILES string of the molecule is C[C@@H]1Cc2ccccc2N1C(=O)c1ccc(Cl)c(S(C)(=O)=O)c1. The number of sulfone groups is 1. The number of fused-ring (bicyclic) bond motifs is 1. The summed E-state index contributed by atoms with van der Waals surface area (Å²) in [6, 6.07) is 12.1. The molecule has 0 saturated carbocycles. The van der Waals surface area contributed by atoms with Crippen molar-refractivity contribution in [3.8, 4) is 0 Å². The van der Waals surface area contributed by atoms with Gasteiger partial charge in [0.25, 0.3) is 5.91 Å². The molecule has 0 bridgehead atoms. The maximum atomic E-state index is 12.9. The van der Waals surface area contributed by atoms with E-state index in [4.69, 9.17) is 11.6 Å². The summed E-state index contributed by atoms with van der Waals surface area (Å²) < 4.78 is 23.6. The fourth-order valence-electron chi connectivity index (χ4n) is 2.93. The highest BCUT2D eigenvalue weighted by Gasteiger charge is 2.31. The Morgan fingerprint density at radius 3 is 2.61 bits per heavy atom. The number of hydrogen-bond acceptors (Lipinski definition) is 3. The third-order valence-electron chi connectivity index (χ3n) is 4.00. The number of rotatable bonds is 2. The van der Waals surface area contributed by atoms with Crippen LogP contribution in [-0.4, -0.2) is 26.6 Å². The van der Waals surface area contributed by atoms with E-state index in [-0.39, 0.29) is 21.9 Å². The van der Waals surface area contributed by atoms with Crippen molar-refractivity contribution in [3.63, 3.8) is 0 Å². The van der Waals surface area contributed by atoms with Gasteiger partial charge >= 0.3 is 0 Å². The van der Waals surface area contributed by atoms with E-state index in [1.54, 1.807) is 11.0 Å². The Morgan fingerprint density at radius 1 is 1.22 bits per heavy atom. The van der Waals surface area contributed by atoms with Gasteiger partial charge in [0.15, 0.2) is 9.84 Å². The third-order valence-corrected chi connectivity index (χ3v) is 5.58. The smallest absolute Gasteiger partial charge is 0.258 e. The fourth-order valence-corrected chi connectivity index (χ4v) is 4.24. The van der Waals surface area contributed by atoms with Crippen molar-refractivity contribution in [2.75, 3.05) is 11.2 Å². The first-order valence-electron chi connectivity index (χ1n) is 7.20. The van der Waals surface area contributed by atoms with Crippen LogP contribution in [0.2, 0.25) is 5.02 Å². The summed E-state index contributed by atoms with van der Waals surface area (Å²) in [5.41, 5.74) is 2.31. The average Bonchev–Trinajstić information content (AvgIpc) is 2.81. The van der Waals surface area contributed by atoms with Crippen molar-refractivity contribution in [2.24, 2.45) is 0 Å². The molecule has 2 aromatic rings. The second kappa shape index (κ2) is 5.65. The highest BCUT2D eigenvalue weighted by Crippen LogP contribution is 2.33. The second-order valence-corrected chi connectivity index (χ2v) is 8.17. The molecule has 0 aliphatic carbocycles. The predicted molar refractivity (Wildman–Crippen MR) is 91.0 cm³/mol. The number of hydrogen-bond donors (Lipinski definition) is 0. The van der Waals surface area contributed by atoms with Crippen LogP contribution >= 0.6 is 11.6 Å². The maximum absolute atomic E-state index is 12.9. The van der Waals surface area contributed by atoms with Gasteiger partial charge in [-0.25, -0.2) is 8.42 Å². The largest absolute Gasteiger partial charge is 0.305 e. The van der Waals surface area contributed by atoms with E-state index in [1.807, 2.05) is 31.2 Å². The van der Waals surface area contributed by atoms with E-state index in [2.05, 4.69) is 0 Å². The topological polar surface area (TPSA) is 54.5 Å². The Morgan fingerprint density at radius 2 is 1.91 bits per heavy atom. The minimum absolute atomic E-state index is 0.0230. The van der Waals surface area contributed by atoms with Crippen molar-refractivity contribution in [1.82, 2.24) is 0 Å². The summed E-state index contributed by atoms with van der Waals surface area (Å²) in [6.45, 7) is 1.98. The second-order valence-electron chi connectivity index (χ2n) is 5.77. The molecular formula is C17H16ClNO3S. The lowest BCUT2D eigenvalue weighted by molar-refractivity contribution is 0.0981. The Balaban J connectivity index is 2.05. The first kappa shape index (κ1) is 16.0. The minimum atomic E-state index is -3.49. The zero-order valence-electron chi connectivity index (χ0n) is 12.8. The van der Waals surface area contributed by atoms with E-state index < -0.39 is 9.84 Å². The van der Waals surface area contributed by atoms with E-state index >= 15 is 0 Å². The van der Waals surface area contributed by atoms with Gasteiger partial charge in [-0.1, -0.05) is 29.8 Å². The summed E-state index contributed by atoms with van der Waals surface area (Å²) in [4.78, 5) is 14.6. The molecular weight excluding hydrogens is 334 g/mol. The highest BCUT2D eigenvalue weighted by atomic mass is 35.5. The summed E-state index contributed by atoms with van der Waals surface area (Å²) >= 11 is 5.95. The number of amides is 1. The van der Waals surface area contributed by atoms with Gasteiger partial charge in [0.05, 0.1) is 9.92 Å². The van der Waals surface area contributed by atoms with Crippen LogP contribution in [0.25, 0.3) is 0 Å². The first-order chi connectivity index (χ1) is 10.8. The summed E-state index contributed by atoms with van der Waals surface area (Å²) in [5, 5.41) is 0.124. The van der Waals surface area contributed by atoms with Gasteiger partial charge in [-0.15, -0.1) is 0 Å². The van der Waals surface area contributed by atoms with Crippen LogP contribution in [0, 0.1) is 0 Å². The van der Waals surface area contributed by atoms with Gasteiger partial charge in [0, 0.05) is 23.5 Å². The van der Waals surface area contributed by atoms with Crippen LogP contribution in [0.4, 0.5) is 5.69 Å². The Kier molecular flexibility index (Phi) is 3.94.